The van der Waals surface area contributed by atoms with Crippen LogP contribution in [0, 0.1) is 0 Å². The summed E-state index contributed by atoms with van der Waals surface area (Å²) < 4.78 is 32.8. The summed E-state index contributed by atoms with van der Waals surface area (Å²) in [6, 6.07) is 3.13. The van der Waals surface area contributed by atoms with Crippen LogP contribution in [-0.4, -0.2) is 42.0 Å². The summed E-state index contributed by atoms with van der Waals surface area (Å²) in [6.45, 7) is 0. The van der Waals surface area contributed by atoms with Gasteiger partial charge < -0.3 is 14.3 Å². The topological polar surface area (TPSA) is 115 Å². The summed E-state index contributed by atoms with van der Waals surface area (Å²) >= 11 is 0. The van der Waals surface area contributed by atoms with Gasteiger partial charge in [0.05, 0.1) is 17.8 Å². The predicted octanol–water partition coefficient (Wildman–Crippen LogP) is 0.565. The van der Waals surface area contributed by atoms with Crippen LogP contribution < -0.4 is 5.32 Å². The molecule has 0 aromatic carbocycles. The number of sulfone groups is 1. The lowest BCUT2D eigenvalue weighted by molar-refractivity contribution is -0.121. The highest BCUT2D eigenvalue weighted by atomic mass is 32.2. The van der Waals surface area contributed by atoms with Crippen molar-refractivity contribution in [1.29, 1.82) is 0 Å². The summed E-state index contributed by atoms with van der Waals surface area (Å²) in [7, 11) is -3.00. The second-order valence-corrected chi connectivity index (χ2v) is 7.39. The summed E-state index contributed by atoms with van der Waals surface area (Å²) in [4.78, 5) is 15.9. The van der Waals surface area contributed by atoms with Crippen molar-refractivity contribution in [2.45, 2.75) is 25.3 Å². The maximum atomic E-state index is 11.8. The number of carbonyl (C=O) groups excluding carboxylic acids is 1. The van der Waals surface area contributed by atoms with Crippen molar-refractivity contribution in [2.75, 3.05) is 11.5 Å². The Balaban J connectivity index is 1.49. The normalized spacial score (nSPS) is 20.1. The number of hydrogen-bond acceptors (Lipinski definition) is 7. The summed E-state index contributed by atoms with van der Waals surface area (Å²) in [5, 5.41) is 6.48. The van der Waals surface area contributed by atoms with E-state index >= 15 is 0 Å². The van der Waals surface area contributed by atoms with E-state index < -0.39 is 9.84 Å². The molecule has 0 spiro atoms. The van der Waals surface area contributed by atoms with Crippen LogP contribution in [0.4, 0.5) is 0 Å². The van der Waals surface area contributed by atoms with Crippen LogP contribution in [0.1, 0.15) is 18.7 Å². The van der Waals surface area contributed by atoms with Crippen LogP contribution in [0.2, 0.25) is 0 Å². The molecule has 0 unspecified atom stereocenters. The molecule has 1 fully saturated rings. The fourth-order valence-electron chi connectivity index (χ4n) is 2.29. The van der Waals surface area contributed by atoms with E-state index in [4.69, 9.17) is 8.94 Å². The quantitative estimate of drug-likeness (QED) is 0.854. The maximum absolute atomic E-state index is 11.8. The lowest BCUT2D eigenvalue weighted by Crippen LogP contribution is -2.35. The molecule has 3 rings (SSSR count). The van der Waals surface area contributed by atoms with E-state index in [1.807, 2.05) is 0 Å². The summed E-state index contributed by atoms with van der Waals surface area (Å²) in [5.74, 6) is 1.09. The summed E-state index contributed by atoms with van der Waals surface area (Å²) in [5.41, 5.74) is 0. The average Bonchev–Trinajstić information content (AvgIpc) is 3.16. The highest BCUT2D eigenvalue weighted by molar-refractivity contribution is 7.91. The molecule has 0 radical (unpaired) electrons. The first kappa shape index (κ1) is 14.8. The van der Waals surface area contributed by atoms with Gasteiger partial charge in [-0.1, -0.05) is 5.16 Å². The number of aromatic nitrogens is 2. The fourth-order valence-corrected chi connectivity index (χ4v) is 3.96. The Hall–Kier alpha value is -2.16. The molecule has 1 N–H and O–H groups in total. The average molecular weight is 325 g/mol. The van der Waals surface area contributed by atoms with Crippen molar-refractivity contribution >= 4 is 15.7 Å². The summed E-state index contributed by atoms with van der Waals surface area (Å²) in [6.07, 6.45) is 2.43. The Morgan fingerprint density at radius 1 is 1.45 bits per heavy atom. The molecule has 1 aliphatic rings. The van der Waals surface area contributed by atoms with Gasteiger partial charge in [-0.15, -0.1) is 0 Å². The first-order valence-corrected chi connectivity index (χ1v) is 8.70. The molecule has 118 valence electrons. The third-order valence-electron chi connectivity index (χ3n) is 3.37. The van der Waals surface area contributed by atoms with Gasteiger partial charge in [-0.05, 0) is 18.6 Å². The van der Waals surface area contributed by atoms with Gasteiger partial charge in [0.2, 0.25) is 17.6 Å². The van der Waals surface area contributed by atoms with Crippen molar-refractivity contribution < 1.29 is 22.2 Å². The SMILES string of the molecule is O=C(CCc1nc(-c2ccco2)no1)N[C@H]1CCS(=O)(=O)C1. The number of amides is 1. The number of furan rings is 1. The molecule has 1 amide bonds. The molecule has 1 atom stereocenters. The Labute approximate surface area is 126 Å². The van der Waals surface area contributed by atoms with Crippen molar-refractivity contribution in [3.05, 3.63) is 24.3 Å². The van der Waals surface area contributed by atoms with Gasteiger partial charge in [-0.3, -0.25) is 4.79 Å². The Bertz CT molecular complexity index is 750. The standard InChI is InChI=1S/C13H15N3O5S/c17-11(14-9-5-7-22(18,19)8-9)3-4-12-15-13(16-21-12)10-2-1-6-20-10/h1-2,6,9H,3-5,7-8H2,(H,14,17)/t9-/m0/s1. The molecule has 2 aromatic heterocycles. The number of aryl methyl sites for hydroxylation is 1. The molecule has 8 nitrogen and oxygen atoms in total. The van der Waals surface area contributed by atoms with Gasteiger partial charge in [0.25, 0.3) is 0 Å². The predicted molar refractivity (Wildman–Crippen MR) is 75.5 cm³/mol. The Kier molecular flexibility index (Phi) is 3.97. The smallest absolute Gasteiger partial charge is 0.238 e. The maximum Gasteiger partial charge on any atom is 0.238 e. The van der Waals surface area contributed by atoms with Gasteiger partial charge >= 0.3 is 0 Å². The minimum absolute atomic E-state index is 0.0158. The molecule has 0 aliphatic carbocycles. The van der Waals surface area contributed by atoms with E-state index in [-0.39, 0.29) is 29.9 Å². The van der Waals surface area contributed by atoms with Crippen LogP contribution in [0.25, 0.3) is 11.6 Å². The van der Waals surface area contributed by atoms with Crippen molar-refractivity contribution in [2.24, 2.45) is 0 Å². The van der Waals surface area contributed by atoms with E-state index in [1.165, 1.54) is 6.26 Å². The number of carbonyl (C=O) groups is 1. The number of nitrogens with one attached hydrogen (secondary N) is 1. The van der Waals surface area contributed by atoms with Crippen LogP contribution in [0.15, 0.2) is 27.3 Å². The Morgan fingerprint density at radius 3 is 3.00 bits per heavy atom. The molecular weight excluding hydrogens is 310 g/mol. The first-order valence-electron chi connectivity index (χ1n) is 6.88. The lowest BCUT2D eigenvalue weighted by Gasteiger charge is -2.09. The fraction of sp³-hybridized carbons (Fsp3) is 0.462. The number of nitrogens with zero attached hydrogens (tertiary/aromatic N) is 2. The van der Waals surface area contributed by atoms with Crippen molar-refractivity contribution in [3.8, 4) is 11.6 Å². The molecule has 0 saturated carbocycles. The first-order chi connectivity index (χ1) is 10.5. The van der Waals surface area contributed by atoms with Crippen LogP contribution in [0.5, 0.6) is 0 Å². The van der Waals surface area contributed by atoms with Gasteiger partial charge in [-0.25, -0.2) is 8.42 Å². The second kappa shape index (κ2) is 5.91. The van der Waals surface area contributed by atoms with Gasteiger partial charge in [0, 0.05) is 18.9 Å². The molecule has 1 aliphatic heterocycles. The monoisotopic (exact) mass is 325 g/mol. The minimum Gasteiger partial charge on any atom is -0.461 e. The molecule has 22 heavy (non-hydrogen) atoms. The number of rotatable bonds is 5. The van der Waals surface area contributed by atoms with E-state index in [9.17, 15) is 13.2 Å². The van der Waals surface area contributed by atoms with E-state index in [1.54, 1.807) is 12.1 Å². The zero-order chi connectivity index (χ0) is 15.6. The van der Waals surface area contributed by atoms with E-state index in [0.29, 0.717) is 30.3 Å². The molecule has 3 heterocycles. The van der Waals surface area contributed by atoms with Gasteiger partial charge in [-0.2, -0.15) is 4.98 Å². The zero-order valence-electron chi connectivity index (χ0n) is 11.7. The van der Waals surface area contributed by atoms with Crippen LogP contribution in [-0.2, 0) is 21.1 Å². The molecule has 2 aromatic rings. The lowest BCUT2D eigenvalue weighted by atomic mass is 10.2. The molecule has 0 bridgehead atoms. The van der Waals surface area contributed by atoms with Crippen LogP contribution in [0.3, 0.4) is 0 Å². The van der Waals surface area contributed by atoms with Gasteiger partial charge in [0.1, 0.15) is 0 Å². The highest BCUT2D eigenvalue weighted by Crippen LogP contribution is 2.16. The largest absolute Gasteiger partial charge is 0.461 e. The van der Waals surface area contributed by atoms with Gasteiger partial charge in [0.15, 0.2) is 15.6 Å². The third-order valence-corrected chi connectivity index (χ3v) is 5.14. The highest BCUT2D eigenvalue weighted by Gasteiger charge is 2.28. The minimum atomic E-state index is -3.00. The molecule has 9 heteroatoms. The van der Waals surface area contributed by atoms with Crippen molar-refractivity contribution in [1.82, 2.24) is 15.5 Å². The van der Waals surface area contributed by atoms with Crippen LogP contribution >= 0.6 is 0 Å². The van der Waals surface area contributed by atoms with E-state index in [2.05, 4.69) is 15.5 Å². The molecule has 1 saturated heterocycles. The second-order valence-electron chi connectivity index (χ2n) is 5.16. The zero-order valence-corrected chi connectivity index (χ0v) is 12.5. The Morgan fingerprint density at radius 2 is 2.32 bits per heavy atom. The molecular formula is C13H15N3O5S. The third kappa shape index (κ3) is 3.53. The number of hydrogen-bond donors (Lipinski definition) is 1. The van der Waals surface area contributed by atoms with Crippen molar-refractivity contribution in [3.63, 3.8) is 0 Å². The van der Waals surface area contributed by atoms with E-state index in [0.717, 1.165) is 0 Å².